The first-order valence-electron chi connectivity index (χ1n) is 6.45. The molecule has 0 radical (unpaired) electrons. The van der Waals surface area contributed by atoms with Crippen molar-refractivity contribution in [1.82, 2.24) is 4.98 Å². The number of anilines is 1. The van der Waals surface area contributed by atoms with Gasteiger partial charge in [0.15, 0.2) is 0 Å². The van der Waals surface area contributed by atoms with Crippen LogP contribution in [0.2, 0.25) is 0 Å². The smallest absolute Gasteiger partial charge is 0.341 e. The van der Waals surface area contributed by atoms with Gasteiger partial charge in [-0.3, -0.25) is 0 Å². The first-order chi connectivity index (χ1) is 10.6. The highest BCUT2D eigenvalue weighted by atomic mass is 19.1. The number of halogens is 1. The third kappa shape index (κ3) is 3.22. The molecule has 5 nitrogen and oxygen atoms in total. The molecule has 0 unspecified atom stereocenters. The molecule has 2 rings (SSSR count). The van der Waals surface area contributed by atoms with Crippen LogP contribution < -0.4 is 10.1 Å². The quantitative estimate of drug-likeness (QED) is 0.857. The van der Waals surface area contributed by atoms with E-state index in [1.807, 2.05) is 0 Å². The monoisotopic (exact) mass is 302 g/mol. The Kier molecular flexibility index (Phi) is 4.73. The van der Waals surface area contributed by atoms with Gasteiger partial charge in [-0.2, -0.15) is 0 Å². The lowest BCUT2D eigenvalue weighted by Crippen LogP contribution is -2.04. The minimum absolute atomic E-state index is 0.0564. The molecule has 2 aromatic rings. The number of esters is 1. The second-order valence-electron chi connectivity index (χ2n) is 4.30. The fourth-order valence-electron chi connectivity index (χ4n) is 1.87. The molecule has 0 aliphatic heterocycles. The van der Waals surface area contributed by atoms with Crippen LogP contribution in [0.3, 0.4) is 0 Å². The van der Waals surface area contributed by atoms with Crippen molar-refractivity contribution in [2.45, 2.75) is 0 Å². The van der Waals surface area contributed by atoms with E-state index in [0.29, 0.717) is 11.6 Å². The van der Waals surface area contributed by atoms with E-state index >= 15 is 0 Å². The number of methoxy groups -OCH3 is 1. The molecule has 1 N–H and O–H groups in total. The van der Waals surface area contributed by atoms with E-state index in [9.17, 15) is 9.18 Å². The molecule has 0 bridgehead atoms. The first kappa shape index (κ1) is 15.5. The zero-order valence-electron chi connectivity index (χ0n) is 12.2. The summed E-state index contributed by atoms with van der Waals surface area (Å²) in [5.74, 6) is -0.0922. The van der Waals surface area contributed by atoms with Gasteiger partial charge in [-0.15, -0.1) is 0 Å². The van der Waals surface area contributed by atoms with E-state index in [-0.39, 0.29) is 11.3 Å². The number of ether oxygens (including phenoxy) is 2. The molecule has 0 amide bonds. The highest BCUT2D eigenvalue weighted by Gasteiger charge is 2.15. The lowest BCUT2D eigenvalue weighted by Gasteiger charge is -2.11. The van der Waals surface area contributed by atoms with E-state index in [1.54, 1.807) is 19.2 Å². The molecule has 0 fully saturated rings. The van der Waals surface area contributed by atoms with Gasteiger partial charge < -0.3 is 14.8 Å². The van der Waals surface area contributed by atoms with E-state index in [4.69, 9.17) is 4.74 Å². The van der Waals surface area contributed by atoms with Crippen molar-refractivity contribution in [1.29, 1.82) is 0 Å². The molecule has 0 aliphatic rings. The maximum atomic E-state index is 13.4. The van der Waals surface area contributed by atoms with Crippen molar-refractivity contribution >= 4 is 17.9 Å². The summed E-state index contributed by atoms with van der Waals surface area (Å²) in [6.45, 7) is 3.69. The predicted molar refractivity (Wildman–Crippen MR) is 81.7 cm³/mol. The number of nitrogens with one attached hydrogen (secondary N) is 1. The number of rotatable bonds is 5. The van der Waals surface area contributed by atoms with Crippen LogP contribution in [0.15, 0.2) is 37.0 Å². The Labute approximate surface area is 127 Å². The first-order valence-corrected chi connectivity index (χ1v) is 6.45. The summed E-state index contributed by atoms with van der Waals surface area (Å²) in [7, 11) is 2.98. The number of hydrogen-bond donors (Lipinski definition) is 1. The van der Waals surface area contributed by atoms with Gasteiger partial charge >= 0.3 is 5.97 Å². The molecule has 0 saturated carbocycles. The van der Waals surface area contributed by atoms with E-state index in [0.717, 1.165) is 17.7 Å². The van der Waals surface area contributed by atoms with Crippen molar-refractivity contribution in [3.05, 3.63) is 54.0 Å². The Balaban J connectivity index is 2.40. The Morgan fingerprint density at radius 3 is 2.82 bits per heavy atom. The summed E-state index contributed by atoms with van der Waals surface area (Å²) in [4.78, 5) is 15.9. The molecule has 0 saturated heterocycles. The van der Waals surface area contributed by atoms with Crippen LogP contribution in [0, 0.1) is 5.82 Å². The van der Waals surface area contributed by atoms with Crippen molar-refractivity contribution in [2.75, 3.05) is 19.5 Å². The van der Waals surface area contributed by atoms with Crippen molar-refractivity contribution < 1.29 is 18.7 Å². The SMILES string of the molecule is C=Cc1cc(Oc2cc(F)ccc2C(=O)OC)cnc1NC. The summed E-state index contributed by atoms with van der Waals surface area (Å²) < 4.78 is 23.6. The summed E-state index contributed by atoms with van der Waals surface area (Å²) in [5, 5.41) is 2.91. The molecule has 114 valence electrons. The zero-order chi connectivity index (χ0) is 16.1. The van der Waals surface area contributed by atoms with Crippen molar-refractivity contribution in [2.24, 2.45) is 0 Å². The Morgan fingerprint density at radius 1 is 1.41 bits per heavy atom. The van der Waals surface area contributed by atoms with Crippen LogP contribution in [-0.2, 0) is 4.74 Å². The summed E-state index contributed by atoms with van der Waals surface area (Å²) in [5.41, 5.74) is 0.845. The number of pyridine rings is 1. The third-order valence-electron chi connectivity index (χ3n) is 2.93. The highest BCUT2D eigenvalue weighted by Crippen LogP contribution is 2.28. The average Bonchev–Trinajstić information content (AvgIpc) is 2.54. The average molecular weight is 302 g/mol. The maximum absolute atomic E-state index is 13.4. The van der Waals surface area contributed by atoms with Gasteiger partial charge in [0.25, 0.3) is 0 Å². The van der Waals surface area contributed by atoms with Gasteiger partial charge in [-0.05, 0) is 18.2 Å². The largest absolute Gasteiger partial charge is 0.465 e. The summed E-state index contributed by atoms with van der Waals surface area (Å²) in [6, 6.07) is 5.26. The predicted octanol–water partition coefficient (Wildman–Crippen LogP) is 3.48. The maximum Gasteiger partial charge on any atom is 0.341 e. The minimum atomic E-state index is -0.612. The van der Waals surface area contributed by atoms with E-state index < -0.39 is 11.8 Å². The van der Waals surface area contributed by atoms with Crippen LogP contribution in [0.4, 0.5) is 10.2 Å². The number of benzene rings is 1. The fourth-order valence-corrected chi connectivity index (χ4v) is 1.87. The Hall–Kier alpha value is -2.89. The van der Waals surface area contributed by atoms with Crippen molar-refractivity contribution in [3.63, 3.8) is 0 Å². The zero-order valence-corrected chi connectivity index (χ0v) is 12.2. The molecular weight excluding hydrogens is 287 g/mol. The van der Waals surface area contributed by atoms with Crippen LogP contribution in [0.5, 0.6) is 11.5 Å². The Bertz CT molecular complexity index is 717. The third-order valence-corrected chi connectivity index (χ3v) is 2.93. The normalized spacial score (nSPS) is 9.95. The molecule has 0 atom stereocenters. The Morgan fingerprint density at radius 2 is 2.18 bits per heavy atom. The van der Waals surface area contributed by atoms with Gasteiger partial charge in [0.1, 0.15) is 28.7 Å². The minimum Gasteiger partial charge on any atom is -0.465 e. The molecule has 1 aromatic heterocycles. The summed E-state index contributed by atoms with van der Waals surface area (Å²) in [6.07, 6.45) is 3.07. The van der Waals surface area contributed by atoms with Gasteiger partial charge in [0.2, 0.25) is 0 Å². The number of carbonyl (C=O) groups excluding carboxylic acids is 1. The molecular formula is C16H15FN2O3. The van der Waals surface area contributed by atoms with Crippen molar-refractivity contribution in [3.8, 4) is 11.5 Å². The number of aromatic nitrogens is 1. The lowest BCUT2D eigenvalue weighted by atomic mass is 10.2. The van der Waals surface area contributed by atoms with Gasteiger partial charge in [-0.25, -0.2) is 14.2 Å². The molecule has 1 aromatic carbocycles. The molecule has 0 spiro atoms. The summed E-state index contributed by atoms with van der Waals surface area (Å²) >= 11 is 0. The lowest BCUT2D eigenvalue weighted by molar-refractivity contribution is 0.0598. The number of hydrogen-bond acceptors (Lipinski definition) is 5. The van der Waals surface area contributed by atoms with Gasteiger partial charge in [-0.1, -0.05) is 12.7 Å². The molecule has 6 heteroatoms. The highest BCUT2D eigenvalue weighted by molar-refractivity contribution is 5.92. The molecule has 1 heterocycles. The number of nitrogens with zero attached hydrogens (tertiary/aromatic N) is 1. The fraction of sp³-hybridized carbons (Fsp3) is 0.125. The van der Waals surface area contributed by atoms with Crippen LogP contribution in [0.1, 0.15) is 15.9 Å². The van der Waals surface area contributed by atoms with Gasteiger partial charge in [0, 0.05) is 18.7 Å². The topological polar surface area (TPSA) is 60.5 Å². The van der Waals surface area contributed by atoms with Crippen LogP contribution >= 0.6 is 0 Å². The number of carbonyl (C=O) groups is 1. The van der Waals surface area contributed by atoms with E-state index in [2.05, 4.69) is 21.6 Å². The molecule has 0 aliphatic carbocycles. The second-order valence-corrected chi connectivity index (χ2v) is 4.30. The van der Waals surface area contributed by atoms with E-state index in [1.165, 1.54) is 19.4 Å². The van der Waals surface area contributed by atoms with Crippen LogP contribution in [-0.4, -0.2) is 25.1 Å². The van der Waals surface area contributed by atoms with Gasteiger partial charge in [0.05, 0.1) is 13.3 Å². The second kappa shape index (κ2) is 6.71. The standard InChI is InChI=1S/C16H15FN2O3/c1-4-10-7-12(9-19-15(10)18-2)22-14-8-11(17)5-6-13(14)16(20)21-3/h4-9H,1H2,2-3H3,(H,18,19). The molecule has 22 heavy (non-hydrogen) atoms. The van der Waals surface area contributed by atoms with Crippen LogP contribution in [0.25, 0.3) is 6.08 Å².